The van der Waals surface area contributed by atoms with Gasteiger partial charge in [-0.2, -0.15) is 0 Å². The molecule has 2 aromatic rings. The zero-order chi connectivity index (χ0) is 16.9. The SMILES string of the molecule is O=C(COC(=O)CN1CCSC1=O)Nc1cccc2ccccc12. The molecule has 0 radical (unpaired) electrons. The molecule has 1 aliphatic rings. The number of benzene rings is 2. The van der Waals surface area contributed by atoms with Gasteiger partial charge in [-0.3, -0.25) is 14.4 Å². The van der Waals surface area contributed by atoms with Gasteiger partial charge in [-0.05, 0) is 11.5 Å². The molecule has 7 heteroatoms. The molecule has 0 bridgehead atoms. The van der Waals surface area contributed by atoms with E-state index < -0.39 is 11.9 Å². The summed E-state index contributed by atoms with van der Waals surface area (Å²) in [6.07, 6.45) is 0. The monoisotopic (exact) mass is 344 g/mol. The molecule has 0 saturated carbocycles. The van der Waals surface area contributed by atoms with Crippen LogP contribution in [0.2, 0.25) is 0 Å². The summed E-state index contributed by atoms with van der Waals surface area (Å²) in [5.41, 5.74) is 0.667. The standard InChI is InChI=1S/C17H16N2O4S/c20-15(11-23-16(21)10-19-8-9-24-17(19)22)18-14-7-3-5-12-4-1-2-6-13(12)14/h1-7H,8-11H2,(H,18,20). The Morgan fingerprint density at radius 2 is 1.96 bits per heavy atom. The van der Waals surface area contributed by atoms with Crippen molar-refractivity contribution < 1.29 is 19.1 Å². The maximum atomic E-state index is 12.0. The minimum atomic E-state index is -0.584. The molecule has 0 unspecified atom stereocenters. The summed E-state index contributed by atoms with van der Waals surface area (Å²) < 4.78 is 4.94. The van der Waals surface area contributed by atoms with E-state index in [1.165, 1.54) is 16.7 Å². The molecule has 2 aromatic carbocycles. The van der Waals surface area contributed by atoms with E-state index in [-0.39, 0.29) is 18.4 Å². The van der Waals surface area contributed by atoms with Gasteiger partial charge in [-0.25, -0.2) is 0 Å². The number of fused-ring (bicyclic) bond motifs is 1. The Bertz CT molecular complexity index is 788. The van der Waals surface area contributed by atoms with Crippen LogP contribution >= 0.6 is 11.8 Å². The number of amides is 2. The molecule has 1 N–H and O–H groups in total. The fourth-order valence-corrected chi connectivity index (χ4v) is 3.26. The Morgan fingerprint density at radius 1 is 1.17 bits per heavy atom. The predicted molar refractivity (Wildman–Crippen MR) is 93.0 cm³/mol. The van der Waals surface area contributed by atoms with Gasteiger partial charge in [0.1, 0.15) is 6.54 Å². The number of rotatable bonds is 5. The molecule has 6 nitrogen and oxygen atoms in total. The van der Waals surface area contributed by atoms with Crippen LogP contribution in [0, 0.1) is 0 Å². The molecule has 0 atom stereocenters. The van der Waals surface area contributed by atoms with E-state index in [9.17, 15) is 14.4 Å². The Morgan fingerprint density at radius 3 is 2.75 bits per heavy atom. The van der Waals surface area contributed by atoms with Gasteiger partial charge in [0, 0.05) is 23.4 Å². The molecule has 0 aromatic heterocycles. The van der Waals surface area contributed by atoms with Gasteiger partial charge in [-0.15, -0.1) is 0 Å². The summed E-state index contributed by atoms with van der Waals surface area (Å²) in [7, 11) is 0. The molecule has 1 aliphatic heterocycles. The minimum absolute atomic E-state index is 0.118. The van der Waals surface area contributed by atoms with Crippen molar-refractivity contribution in [3.63, 3.8) is 0 Å². The van der Waals surface area contributed by atoms with E-state index in [2.05, 4.69) is 5.32 Å². The maximum absolute atomic E-state index is 12.0. The summed E-state index contributed by atoms with van der Waals surface area (Å²) in [5, 5.41) is 4.54. The molecule has 3 rings (SSSR count). The quantitative estimate of drug-likeness (QED) is 0.844. The first-order chi connectivity index (χ1) is 11.6. The molecular formula is C17H16N2O4S. The van der Waals surface area contributed by atoms with Gasteiger partial charge in [0.2, 0.25) is 0 Å². The summed E-state index contributed by atoms with van der Waals surface area (Å²) >= 11 is 1.17. The number of carbonyl (C=O) groups is 3. The van der Waals surface area contributed by atoms with Crippen molar-refractivity contribution in [3.05, 3.63) is 42.5 Å². The van der Waals surface area contributed by atoms with Crippen LogP contribution in [-0.2, 0) is 14.3 Å². The zero-order valence-corrected chi connectivity index (χ0v) is 13.7. The Hall–Kier alpha value is -2.54. The molecule has 0 spiro atoms. The smallest absolute Gasteiger partial charge is 0.326 e. The van der Waals surface area contributed by atoms with Crippen molar-refractivity contribution in [2.45, 2.75) is 0 Å². The Labute approximate surface area is 143 Å². The summed E-state index contributed by atoms with van der Waals surface area (Å²) in [4.78, 5) is 36.5. The summed E-state index contributed by atoms with van der Waals surface area (Å²) in [6, 6.07) is 13.3. The van der Waals surface area contributed by atoms with E-state index in [0.717, 1.165) is 10.8 Å². The molecule has 1 heterocycles. The summed E-state index contributed by atoms with van der Waals surface area (Å²) in [5.74, 6) is -0.325. The largest absolute Gasteiger partial charge is 0.454 e. The topological polar surface area (TPSA) is 75.7 Å². The fraction of sp³-hybridized carbons (Fsp3) is 0.235. The minimum Gasteiger partial charge on any atom is -0.454 e. The van der Waals surface area contributed by atoms with Crippen LogP contribution in [0.4, 0.5) is 10.5 Å². The number of nitrogens with one attached hydrogen (secondary N) is 1. The van der Waals surface area contributed by atoms with Gasteiger partial charge in [-0.1, -0.05) is 48.2 Å². The van der Waals surface area contributed by atoms with Crippen molar-refractivity contribution in [2.75, 3.05) is 30.8 Å². The Balaban J connectivity index is 1.53. The molecular weight excluding hydrogens is 328 g/mol. The molecule has 1 saturated heterocycles. The number of hydrogen-bond acceptors (Lipinski definition) is 5. The first-order valence-electron chi connectivity index (χ1n) is 7.48. The van der Waals surface area contributed by atoms with E-state index in [4.69, 9.17) is 4.74 Å². The third kappa shape index (κ3) is 3.86. The highest BCUT2D eigenvalue weighted by Gasteiger charge is 2.24. The van der Waals surface area contributed by atoms with Crippen LogP contribution in [0.15, 0.2) is 42.5 Å². The van der Waals surface area contributed by atoms with Gasteiger partial charge >= 0.3 is 5.97 Å². The second-order valence-electron chi connectivity index (χ2n) is 5.27. The Kier molecular flexibility index (Phi) is 5.00. The highest BCUT2D eigenvalue weighted by Crippen LogP contribution is 2.22. The third-order valence-corrected chi connectivity index (χ3v) is 4.48. The number of thioether (sulfide) groups is 1. The van der Waals surface area contributed by atoms with Gasteiger partial charge in [0.05, 0.1) is 0 Å². The van der Waals surface area contributed by atoms with Crippen LogP contribution in [0.5, 0.6) is 0 Å². The average molecular weight is 344 g/mol. The molecule has 124 valence electrons. The van der Waals surface area contributed by atoms with Crippen LogP contribution < -0.4 is 5.32 Å². The van der Waals surface area contributed by atoms with Crippen LogP contribution in [-0.4, -0.2) is 47.5 Å². The first kappa shape index (κ1) is 16.3. The molecule has 2 amide bonds. The lowest BCUT2D eigenvalue weighted by atomic mass is 10.1. The van der Waals surface area contributed by atoms with E-state index in [1.54, 1.807) is 6.07 Å². The van der Waals surface area contributed by atoms with Crippen molar-refractivity contribution in [1.29, 1.82) is 0 Å². The number of carbonyl (C=O) groups excluding carboxylic acids is 3. The lowest BCUT2D eigenvalue weighted by Crippen LogP contribution is -2.32. The van der Waals surface area contributed by atoms with E-state index in [0.29, 0.717) is 18.0 Å². The van der Waals surface area contributed by atoms with Crippen LogP contribution in [0.3, 0.4) is 0 Å². The second-order valence-corrected chi connectivity index (χ2v) is 6.32. The number of hydrogen-bond donors (Lipinski definition) is 1. The lowest BCUT2D eigenvalue weighted by molar-refractivity contribution is -0.147. The second kappa shape index (κ2) is 7.35. The zero-order valence-electron chi connectivity index (χ0n) is 12.9. The number of anilines is 1. The number of ether oxygens (including phenoxy) is 1. The molecule has 1 fully saturated rings. The normalized spacial score (nSPS) is 14.0. The van der Waals surface area contributed by atoms with Gasteiger partial charge < -0.3 is 15.0 Å². The maximum Gasteiger partial charge on any atom is 0.326 e. The van der Waals surface area contributed by atoms with Crippen molar-refractivity contribution >= 4 is 45.3 Å². The van der Waals surface area contributed by atoms with Gasteiger partial charge in [0.15, 0.2) is 6.61 Å². The highest BCUT2D eigenvalue weighted by molar-refractivity contribution is 8.13. The van der Waals surface area contributed by atoms with Crippen LogP contribution in [0.1, 0.15) is 0 Å². The number of nitrogens with zero attached hydrogens (tertiary/aromatic N) is 1. The van der Waals surface area contributed by atoms with Crippen molar-refractivity contribution in [3.8, 4) is 0 Å². The van der Waals surface area contributed by atoms with Crippen molar-refractivity contribution in [2.24, 2.45) is 0 Å². The highest BCUT2D eigenvalue weighted by atomic mass is 32.2. The van der Waals surface area contributed by atoms with Crippen LogP contribution in [0.25, 0.3) is 10.8 Å². The molecule has 0 aliphatic carbocycles. The molecule has 24 heavy (non-hydrogen) atoms. The van der Waals surface area contributed by atoms with Gasteiger partial charge in [0.25, 0.3) is 11.1 Å². The predicted octanol–water partition coefficient (Wildman–Crippen LogP) is 2.49. The lowest BCUT2D eigenvalue weighted by Gasteiger charge is -2.13. The fourth-order valence-electron chi connectivity index (χ4n) is 2.44. The number of esters is 1. The van der Waals surface area contributed by atoms with E-state index in [1.807, 2.05) is 36.4 Å². The summed E-state index contributed by atoms with van der Waals surface area (Å²) in [6.45, 7) is 0.0331. The van der Waals surface area contributed by atoms with Crippen molar-refractivity contribution in [1.82, 2.24) is 4.90 Å². The first-order valence-corrected chi connectivity index (χ1v) is 8.47. The third-order valence-electron chi connectivity index (χ3n) is 3.59. The average Bonchev–Trinajstić information content (AvgIpc) is 2.98. The van der Waals surface area contributed by atoms with E-state index >= 15 is 0 Å².